The normalized spacial score (nSPS) is 17.9. The minimum Gasteiger partial charge on any atom is -0.494 e. The van der Waals surface area contributed by atoms with Gasteiger partial charge in [-0.05, 0) is 48.6 Å². The maximum Gasteiger partial charge on any atom is 0.254 e. The van der Waals surface area contributed by atoms with Gasteiger partial charge in [0.25, 0.3) is 5.91 Å². The molecule has 1 aliphatic heterocycles. The largest absolute Gasteiger partial charge is 0.494 e. The Morgan fingerprint density at radius 3 is 2.59 bits per heavy atom. The Balaban J connectivity index is 1.67. The number of rotatable bonds is 10. The number of carbonyl (C=O) groups is 1. The Bertz CT molecular complexity index is 876. The lowest BCUT2D eigenvalue weighted by Crippen LogP contribution is -2.40. The maximum absolute atomic E-state index is 13.2. The predicted octanol–water partition coefficient (Wildman–Crippen LogP) is 4.54. The summed E-state index contributed by atoms with van der Waals surface area (Å²) in [4.78, 5) is 16.0. The van der Waals surface area contributed by atoms with Gasteiger partial charge in [0.2, 0.25) is 0 Å². The molecule has 1 unspecified atom stereocenters. The van der Waals surface area contributed by atoms with Crippen molar-refractivity contribution < 1.29 is 17.9 Å². The van der Waals surface area contributed by atoms with Crippen molar-refractivity contribution in [2.24, 2.45) is 0 Å². The van der Waals surface area contributed by atoms with Crippen LogP contribution in [0.25, 0.3) is 0 Å². The number of unbranched alkanes of at least 4 members (excludes halogenated alkanes) is 3. The van der Waals surface area contributed by atoms with Crippen LogP contribution >= 0.6 is 11.3 Å². The topological polar surface area (TPSA) is 63.7 Å². The molecule has 2 aromatic rings. The molecule has 5 nitrogen and oxygen atoms in total. The van der Waals surface area contributed by atoms with Crippen molar-refractivity contribution in [3.8, 4) is 5.75 Å². The highest BCUT2D eigenvalue weighted by molar-refractivity contribution is 7.91. The van der Waals surface area contributed by atoms with E-state index in [1.807, 2.05) is 29.6 Å². The fraction of sp³-hybridized carbons (Fsp3) is 0.500. The second kappa shape index (κ2) is 10.3. The number of sulfone groups is 1. The molecule has 2 heterocycles. The second-order valence-electron chi connectivity index (χ2n) is 7.50. The first-order chi connectivity index (χ1) is 14.0. The Hall–Kier alpha value is -1.86. The van der Waals surface area contributed by atoms with Gasteiger partial charge in [0.15, 0.2) is 9.84 Å². The summed E-state index contributed by atoms with van der Waals surface area (Å²) in [6.07, 6.45) is 5.10. The maximum atomic E-state index is 13.2. The van der Waals surface area contributed by atoms with E-state index in [0.717, 1.165) is 23.5 Å². The molecule has 1 aromatic heterocycles. The highest BCUT2D eigenvalue weighted by Crippen LogP contribution is 2.24. The van der Waals surface area contributed by atoms with Crippen molar-refractivity contribution in [3.63, 3.8) is 0 Å². The van der Waals surface area contributed by atoms with E-state index in [-0.39, 0.29) is 23.5 Å². The SMILES string of the molecule is CCCCCCOc1ccc(C(=O)N(Cc2cccs2)C2CCS(=O)(=O)C2)cc1. The smallest absolute Gasteiger partial charge is 0.254 e. The summed E-state index contributed by atoms with van der Waals surface area (Å²) >= 11 is 1.58. The Morgan fingerprint density at radius 1 is 1.17 bits per heavy atom. The van der Waals surface area contributed by atoms with Crippen LogP contribution < -0.4 is 4.74 Å². The van der Waals surface area contributed by atoms with Crippen LogP contribution in [0.1, 0.15) is 54.3 Å². The first-order valence-corrected chi connectivity index (χ1v) is 13.0. The number of carbonyl (C=O) groups excluding carboxylic acids is 1. The molecule has 0 spiro atoms. The van der Waals surface area contributed by atoms with Crippen LogP contribution in [0.2, 0.25) is 0 Å². The molecule has 1 aromatic carbocycles. The van der Waals surface area contributed by atoms with Gasteiger partial charge in [-0.15, -0.1) is 11.3 Å². The zero-order valence-corrected chi connectivity index (χ0v) is 18.5. The van der Waals surface area contributed by atoms with E-state index >= 15 is 0 Å². The molecule has 0 radical (unpaired) electrons. The van der Waals surface area contributed by atoms with Crippen LogP contribution in [0.3, 0.4) is 0 Å². The summed E-state index contributed by atoms with van der Waals surface area (Å²) in [6.45, 7) is 3.30. The average Bonchev–Trinajstić information content (AvgIpc) is 3.35. The van der Waals surface area contributed by atoms with Crippen LogP contribution in [-0.4, -0.2) is 43.4 Å². The van der Waals surface area contributed by atoms with Crippen molar-refractivity contribution in [3.05, 3.63) is 52.2 Å². The van der Waals surface area contributed by atoms with Gasteiger partial charge in [0.1, 0.15) is 5.75 Å². The molecule has 158 valence electrons. The van der Waals surface area contributed by atoms with Gasteiger partial charge in [0.05, 0.1) is 24.7 Å². The van der Waals surface area contributed by atoms with Gasteiger partial charge in [-0.3, -0.25) is 4.79 Å². The molecule has 0 aliphatic carbocycles. The summed E-state index contributed by atoms with van der Waals surface area (Å²) in [6, 6.07) is 10.8. The summed E-state index contributed by atoms with van der Waals surface area (Å²) in [5.74, 6) is 0.820. The molecule has 1 saturated heterocycles. The van der Waals surface area contributed by atoms with Crippen LogP contribution in [-0.2, 0) is 16.4 Å². The van der Waals surface area contributed by atoms with Gasteiger partial charge in [-0.25, -0.2) is 8.42 Å². The van der Waals surface area contributed by atoms with Crippen molar-refractivity contribution in [1.29, 1.82) is 0 Å². The molecule has 0 N–H and O–H groups in total. The predicted molar refractivity (Wildman–Crippen MR) is 117 cm³/mol. The van der Waals surface area contributed by atoms with Gasteiger partial charge < -0.3 is 9.64 Å². The molecule has 1 atom stereocenters. The highest BCUT2D eigenvalue weighted by atomic mass is 32.2. The quantitative estimate of drug-likeness (QED) is 0.514. The Labute approximate surface area is 177 Å². The summed E-state index contributed by atoms with van der Waals surface area (Å²) < 4.78 is 29.7. The summed E-state index contributed by atoms with van der Waals surface area (Å²) in [7, 11) is -3.07. The number of hydrogen-bond donors (Lipinski definition) is 0. The Morgan fingerprint density at radius 2 is 1.97 bits per heavy atom. The lowest BCUT2D eigenvalue weighted by molar-refractivity contribution is 0.0683. The zero-order chi connectivity index (χ0) is 20.7. The van der Waals surface area contributed by atoms with Crippen molar-refractivity contribution in [1.82, 2.24) is 4.90 Å². The molecular weight excluding hydrogens is 406 g/mol. The molecule has 29 heavy (non-hydrogen) atoms. The number of amides is 1. The first-order valence-electron chi connectivity index (χ1n) is 10.2. The van der Waals surface area contributed by atoms with E-state index in [4.69, 9.17) is 4.74 Å². The van der Waals surface area contributed by atoms with Gasteiger partial charge in [-0.1, -0.05) is 32.3 Å². The van der Waals surface area contributed by atoms with Crippen LogP contribution in [0.5, 0.6) is 5.75 Å². The molecule has 1 aliphatic rings. The summed E-state index contributed by atoms with van der Waals surface area (Å²) in [5, 5.41) is 1.97. The second-order valence-corrected chi connectivity index (χ2v) is 10.8. The number of hydrogen-bond acceptors (Lipinski definition) is 5. The lowest BCUT2D eigenvalue weighted by atomic mass is 10.1. The zero-order valence-electron chi connectivity index (χ0n) is 16.9. The average molecular weight is 436 g/mol. The molecule has 1 fully saturated rings. The van der Waals surface area contributed by atoms with Gasteiger partial charge >= 0.3 is 0 Å². The van der Waals surface area contributed by atoms with E-state index in [9.17, 15) is 13.2 Å². The number of nitrogens with zero attached hydrogens (tertiary/aromatic N) is 1. The monoisotopic (exact) mass is 435 g/mol. The standard InChI is InChI=1S/C22H29NO4S2/c1-2-3-4-5-13-27-20-10-8-18(9-11-20)22(24)23(16-21-7-6-14-28-21)19-12-15-29(25,26)17-19/h6-11,14,19H,2-5,12-13,15-17H2,1H3. The van der Waals surface area contributed by atoms with E-state index in [1.165, 1.54) is 12.8 Å². The minimum absolute atomic E-state index is 0.0447. The van der Waals surface area contributed by atoms with Crippen molar-refractivity contribution in [2.45, 2.75) is 51.6 Å². The third-order valence-electron chi connectivity index (χ3n) is 5.18. The molecule has 7 heteroatoms. The molecule has 1 amide bonds. The Kier molecular flexibility index (Phi) is 7.72. The highest BCUT2D eigenvalue weighted by Gasteiger charge is 2.35. The van der Waals surface area contributed by atoms with Gasteiger partial charge in [-0.2, -0.15) is 0 Å². The molecule has 0 bridgehead atoms. The fourth-order valence-electron chi connectivity index (χ4n) is 3.54. The first kappa shape index (κ1) is 21.8. The minimum atomic E-state index is -3.07. The number of thiophene rings is 1. The molecular formula is C22H29NO4S2. The van der Waals surface area contributed by atoms with Crippen LogP contribution in [0, 0.1) is 0 Å². The molecule has 0 saturated carbocycles. The number of benzene rings is 1. The van der Waals surface area contributed by atoms with Crippen molar-refractivity contribution in [2.75, 3.05) is 18.1 Å². The lowest BCUT2D eigenvalue weighted by Gasteiger charge is -2.28. The summed E-state index contributed by atoms with van der Waals surface area (Å²) in [5.41, 5.74) is 0.559. The van der Waals surface area contributed by atoms with E-state index in [1.54, 1.807) is 28.4 Å². The third kappa shape index (κ3) is 6.31. The molecule has 3 rings (SSSR count). The van der Waals surface area contributed by atoms with E-state index in [0.29, 0.717) is 25.1 Å². The van der Waals surface area contributed by atoms with Crippen molar-refractivity contribution >= 4 is 27.1 Å². The van der Waals surface area contributed by atoms with E-state index in [2.05, 4.69) is 6.92 Å². The van der Waals surface area contributed by atoms with E-state index < -0.39 is 9.84 Å². The van der Waals surface area contributed by atoms with Crippen LogP contribution in [0.4, 0.5) is 0 Å². The third-order valence-corrected chi connectivity index (χ3v) is 7.80. The van der Waals surface area contributed by atoms with Crippen LogP contribution in [0.15, 0.2) is 41.8 Å². The number of ether oxygens (including phenoxy) is 1. The van der Waals surface area contributed by atoms with Gasteiger partial charge in [0, 0.05) is 16.5 Å². The fourth-order valence-corrected chi connectivity index (χ4v) is 5.97.